The number of rotatable bonds is 5. The molecule has 0 radical (unpaired) electrons. The molecule has 0 aliphatic rings. The van der Waals surface area contributed by atoms with Crippen LogP contribution in [0.25, 0.3) is 0 Å². The Morgan fingerprint density at radius 2 is 1.85 bits per heavy atom. The van der Waals surface area contributed by atoms with Gasteiger partial charge < -0.3 is 4.18 Å². The van der Waals surface area contributed by atoms with E-state index >= 15 is 0 Å². The second-order valence-electron chi connectivity index (χ2n) is 5.73. The highest BCUT2D eigenvalue weighted by molar-refractivity contribution is 7.81. The molecule has 0 aromatic heterocycles. The van der Waals surface area contributed by atoms with E-state index in [1.165, 1.54) is 13.0 Å². The van der Waals surface area contributed by atoms with E-state index in [1.54, 1.807) is 6.92 Å². The predicted octanol–water partition coefficient (Wildman–Crippen LogP) is 2.74. The van der Waals surface area contributed by atoms with E-state index in [1.807, 2.05) is 26.8 Å². The van der Waals surface area contributed by atoms with Gasteiger partial charge in [-0.15, -0.1) is 0 Å². The van der Waals surface area contributed by atoms with Gasteiger partial charge in [0.2, 0.25) is 0 Å². The highest BCUT2D eigenvalue weighted by Crippen LogP contribution is 2.38. The second kappa shape index (κ2) is 5.54. The maximum atomic E-state index is 11.4. The van der Waals surface area contributed by atoms with Crippen molar-refractivity contribution in [1.82, 2.24) is 0 Å². The Morgan fingerprint density at radius 1 is 1.30 bits per heavy atom. The van der Waals surface area contributed by atoms with Crippen LogP contribution in [-0.2, 0) is 20.6 Å². The van der Waals surface area contributed by atoms with Gasteiger partial charge >= 0.3 is 10.4 Å². The Kier molecular flexibility index (Phi) is 4.61. The van der Waals surface area contributed by atoms with Crippen LogP contribution < -0.4 is 4.18 Å². The number of ketones is 1. The number of carbonyl (C=O) groups excluding carboxylic acids is 1. The summed E-state index contributed by atoms with van der Waals surface area (Å²) in [5.74, 6) is 0.0593. The molecule has 0 atom stereocenters. The summed E-state index contributed by atoms with van der Waals surface area (Å²) in [7, 11) is -4.61. The molecule has 20 heavy (non-hydrogen) atoms. The minimum Gasteiger partial charge on any atom is -0.361 e. The van der Waals surface area contributed by atoms with E-state index in [9.17, 15) is 13.2 Å². The van der Waals surface area contributed by atoms with Gasteiger partial charge in [0.1, 0.15) is 11.5 Å². The number of benzene rings is 1. The zero-order chi connectivity index (χ0) is 15.7. The summed E-state index contributed by atoms with van der Waals surface area (Å²) >= 11 is 0. The van der Waals surface area contributed by atoms with Crippen molar-refractivity contribution in [3.05, 3.63) is 28.8 Å². The van der Waals surface area contributed by atoms with Crippen LogP contribution in [0, 0.1) is 13.8 Å². The summed E-state index contributed by atoms with van der Waals surface area (Å²) in [6.07, 6.45) is 0.249. The van der Waals surface area contributed by atoms with Crippen molar-refractivity contribution in [2.45, 2.75) is 46.5 Å². The van der Waals surface area contributed by atoms with E-state index in [0.717, 1.165) is 11.1 Å². The Balaban J connectivity index is 3.47. The summed E-state index contributed by atoms with van der Waals surface area (Å²) in [6, 6.07) is 3.42. The standard InChI is InChI=1S/C14H20O5S/c1-9-6-10(2)13(14(4,5)8-11(3)15)12(7-9)19-20(16,17)18/h6-7H,8H2,1-5H3,(H,16,17,18). The fraction of sp³-hybridized carbons (Fsp3) is 0.500. The monoisotopic (exact) mass is 300 g/mol. The maximum absolute atomic E-state index is 11.4. The SMILES string of the molecule is CC(=O)CC(C)(C)c1c(C)cc(C)cc1OS(=O)(=O)O. The molecular weight excluding hydrogens is 280 g/mol. The van der Waals surface area contributed by atoms with Crippen molar-refractivity contribution in [1.29, 1.82) is 0 Å². The van der Waals surface area contributed by atoms with E-state index < -0.39 is 15.8 Å². The van der Waals surface area contributed by atoms with Crippen LogP contribution in [0.4, 0.5) is 0 Å². The fourth-order valence-electron chi connectivity index (χ4n) is 2.69. The van der Waals surface area contributed by atoms with E-state index in [0.29, 0.717) is 5.56 Å². The average Bonchev–Trinajstić information content (AvgIpc) is 2.08. The van der Waals surface area contributed by atoms with Gasteiger partial charge in [0.05, 0.1) is 0 Å². The van der Waals surface area contributed by atoms with Gasteiger partial charge in [0.25, 0.3) is 0 Å². The molecule has 0 unspecified atom stereocenters. The summed E-state index contributed by atoms with van der Waals surface area (Å²) < 4.78 is 35.6. The lowest BCUT2D eigenvalue weighted by atomic mass is 9.77. The third-order valence-corrected chi connectivity index (χ3v) is 3.40. The largest absolute Gasteiger partial charge is 0.446 e. The van der Waals surface area contributed by atoms with Crippen LogP contribution in [0.5, 0.6) is 5.75 Å². The first-order valence-electron chi connectivity index (χ1n) is 6.20. The molecule has 5 nitrogen and oxygen atoms in total. The van der Waals surface area contributed by atoms with E-state index in [2.05, 4.69) is 4.18 Å². The topological polar surface area (TPSA) is 80.7 Å². The lowest BCUT2D eigenvalue weighted by Gasteiger charge is -2.28. The molecule has 0 saturated heterocycles. The van der Waals surface area contributed by atoms with Crippen molar-refractivity contribution >= 4 is 16.2 Å². The van der Waals surface area contributed by atoms with Crippen LogP contribution in [-0.4, -0.2) is 18.8 Å². The number of aryl methyl sites for hydroxylation is 2. The molecule has 0 aliphatic heterocycles. The Hall–Kier alpha value is -1.40. The summed E-state index contributed by atoms with van der Waals surface area (Å²) in [4.78, 5) is 11.4. The smallest absolute Gasteiger partial charge is 0.361 e. The van der Waals surface area contributed by atoms with Crippen LogP contribution in [0.15, 0.2) is 12.1 Å². The van der Waals surface area contributed by atoms with E-state index in [4.69, 9.17) is 4.55 Å². The molecule has 112 valence electrons. The molecule has 0 heterocycles. The van der Waals surface area contributed by atoms with Crippen molar-refractivity contribution < 1.29 is 21.9 Å². The summed E-state index contributed by atoms with van der Waals surface area (Å²) in [5, 5.41) is 0. The quantitative estimate of drug-likeness (QED) is 0.846. The predicted molar refractivity (Wildman–Crippen MR) is 76.4 cm³/mol. The van der Waals surface area contributed by atoms with Crippen LogP contribution in [0.2, 0.25) is 0 Å². The molecule has 0 spiro atoms. The zero-order valence-corrected chi connectivity index (χ0v) is 13.2. The van der Waals surface area contributed by atoms with Gasteiger partial charge in [0, 0.05) is 17.4 Å². The Morgan fingerprint density at radius 3 is 2.30 bits per heavy atom. The van der Waals surface area contributed by atoms with Crippen molar-refractivity contribution in [2.75, 3.05) is 0 Å². The highest BCUT2D eigenvalue weighted by atomic mass is 32.3. The minimum atomic E-state index is -4.61. The molecule has 1 rings (SSSR count). The van der Waals surface area contributed by atoms with Gasteiger partial charge in [-0.2, -0.15) is 8.42 Å². The molecular formula is C14H20O5S. The molecule has 1 aromatic rings. The van der Waals surface area contributed by atoms with Crippen LogP contribution >= 0.6 is 0 Å². The molecule has 0 fully saturated rings. The summed E-state index contributed by atoms with van der Waals surface area (Å²) in [5.41, 5.74) is 1.64. The van der Waals surface area contributed by atoms with E-state index in [-0.39, 0.29) is 18.0 Å². The first kappa shape index (κ1) is 16.7. The molecule has 1 N–H and O–H groups in total. The normalized spacial score (nSPS) is 12.3. The lowest BCUT2D eigenvalue weighted by molar-refractivity contribution is -0.118. The van der Waals surface area contributed by atoms with Gasteiger partial charge in [-0.25, -0.2) is 0 Å². The van der Waals surface area contributed by atoms with Crippen molar-refractivity contribution in [3.63, 3.8) is 0 Å². The van der Waals surface area contributed by atoms with Gasteiger partial charge in [0.15, 0.2) is 0 Å². The highest BCUT2D eigenvalue weighted by Gasteiger charge is 2.29. The number of Topliss-reactive ketones (excluding diaryl/α,β-unsaturated/α-hetero) is 1. The third-order valence-electron chi connectivity index (χ3n) is 3.01. The fourth-order valence-corrected chi connectivity index (χ4v) is 3.04. The van der Waals surface area contributed by atoms with Gasteiger partial charge in [-0.05, 0) is 38.0 Å². The molecule has 0 amide bonds. The summed E-state index contributed by atoms with van der Waals surface area (Å²) in [6.45, 7) is 8.77. The Bertz CT molecular complexity index is 629. The van der Waals surface area contributed by atoms with Gasteiger partial charge in [-0.3, -0.25) is 9.35 Å². The zero-order valence-electron chi connectivity index (χ0n) is 12.4. The molecule has 0 aliphatic carbocycles. The molecule has 0 bridgehead atoms. The van der Waals surface area contributed by atoms with Crippen molar-refractivity contribution in [2.24, 2.45) is 0 Å². The minimum absolute atomic E-state index is 0.00668. The number of hydrogen-bond donors (Lipinski definition) is 1. The molecule has 0 saturated carbocycles. The molecule has 6 heteroatoms. The first-order chi connectivity index (χ1) is 8.92. The van der Waals surface area contributed by atoms with Crippen LogP contribution in [0.3, 0.4) is 0 Å². The molecule has 1 aromatic carbocycles. The average molecular weight is 300 g/mol. The lowest BCUT2D eigenvalue weighted by Crippen LogP contribution is -2.24. The van der Waals surface area contributed by atoms with Crippen molar-refractivity contribution in [3.8, 4) is 5.75 Å². The van der Waals surface area contributed by atoms with Gasteiger partial charge in [-0.1, -0.05) is 19.9 Å². The first-order valence-corrected chi connectivity index (χ1v) is 7.57. The van der Waals surface area contributed by atoms with Crippen LogP contribution in [0.1, 0.15) is 43.9 Å². The maximum Gasteiger partial charge on any atom is 0.446 e. The second-order valence-corrected chi connectivity index (χ2v) is 6.75. The third kappa shape index (κ3) is 4.31. The number of hydrogen-bond acceptors (Lipinski definition) is 4. The Labute approximate surface area is 119 Å². The number of carbonyl (C=O) groups is 1.